The summed E-state index contributed by atoms with van der Waals surface area (Å²) in [6.07, 6.45) is 2.77. The standard InChI is InChI=1S/C19H33N5O2/c1-8-15-20-17-16(18(25)22(7)19(26)21(17)6)24(15)12-10-9-11-23(13(2)3)14(4)5/h13-14H,8-12H2,1-7H3. The van der Waals surface area contributed by atoms with Gasteiger partial charge in [-0.1, -0.05) is 6.92 Å². The van der Waals surface area contributed by atoms with Gasteiger partial charge in [0.2, 0.25) is 0 Å². The van der Waals surface area contributed by atoms with Crippen molar-refractivity contribution in [3.05, 3.63) is 26.7 Å². The second kappa shape index (κ2) is 8.20. The average Bonchev–Trinajstić information content (AvgIpc) is 2.96. The zero-order valence-corrected chi connectivity index (χ0v) is 17.2. The molecule has 2 rings (SSSR count). The Bertz CT molecular complexity index is 865. The molecule has 0 fully saturated rings. The van der Waals surface area contributed by atoms with Crippen LogP contribution in [0.25, 0.3) is 11.2 Å². The van der Waals surface area contributed by atoms with Crippen molar-refractivity contribution in [1.29, 1.82) is 0 Å². The van der Waals surface area contributed by atoms with E-state index in [9.17, 15) is 9.59 Å². The second-order valence-corrected chi connectivity index (χ2v) is 7.54. The highest BCUT2D eigenvalue weighted by atomic mass is 16.2. The first-order chi connectivity index (χ1) is 12.2. The molecule has 7 nitrogen and oxygen atoms in total. The normalized spacial score (nSPS) is 12.2. The quantitative estimate of drug-likeness (QED) is 0.672. The van der Waals surface area contributed by atoms with E-state index in [1.807, 2.05) is 11.5 Å². The van der Waals surface area contributed by atoms with Gasteiger partial charge in [-0.25, -0.2) is 9.78 Å². The number of rotatable bonds is 8. The van der Waals surface area contributed by atoms with E-state index in [2.05, 4.69) is 37.6 Å². The van der Waals surface area contributed by atoms with E-state index in [1.165, 1.54) is 16.2 Å². The summed E-state index contributed by atoms with van der Waals surface area (Å²) in [6.45, 7) is 12.7. The number of nitrogens with zero attached hydrogens (tertiary/aromatic N) is 5. The first-order valence-electron chi connectivity index (χ1n) is 9.61. The molecule has 0 saturated carbocycles. The van der Waals surface area contributed by atoms with E-state index < -0.39 is 0 Å². The number of aromatic nitrogens is 4. The molecule has 0 spiro atoms. The van der Waals surface area contributed by atoms with Crippen LogP contribution in [0.5, 0.6) is 0 Å². The average molecular weight is 364 g/mol. The number of imidazole rings is 1. The van der Waals surface area contributed by atoms with Gasteiger partial charge >= 0.3 is 5.69 Å². The molecule has 0 N–H and O–H groups in total. The van der Waals surface area contributed by atoms with Crippen molar-refractivity contribution in [3.8, 4) is 0 Å². The van der Waals surface area contributed by atoms with Crippen LogP contribution in [0, 0.1) is 0 Å². The van der Waals surface area contributed by atoms with Gasteiger partial charge in [0.15, 0.2) is 11.2 Å². The molecule has 0 saturated heterocycles. The Kier molecular flexibility index (Phi) is 6.44. The molecule has 2 heterocycles. The molecular formula is C19H33N5O2. The SMILES string of the molecule is CCc1nc2c(c(=O)n(C)c(=O)n2C)n1CCCCN(C(C)C)C(C)C. The lowest BCUT2D eigenvalue weighted by molar-refractivity contribution is 0.171. The third-order valence-electron chi connectivity index (χ3n) is 5.12. The Labute approximate surface area is 155 Å². The number of unbranched alkanes of at least 4 members (excludes halogenated alkanes) is 1. The Balaban J connectivity index is 2.27. The van der Waals surface area contributed by atoms with Crippen molar-refractivity contribution in [2.45, 2.75) is 72.5 Å². The summed E-state index contributed by atoms with van der Waals surface area (Å²) in [5.41, 5.74) is 0.428. The zero-order chi connectivity index (χ0) is 19.6. The summed E-state index contributed by atoms with van der Waals surface area (Å²) in [5, 5.41) is 0. The van der Waals surface area contributed by atoms with E-state index in [4.69, 9.17) is 0 Å². The highest BCUT2D eigenvalue weighted by molar-refractivity contribution is 5.71. The molecule has 0 aromatic carbocycles. The van der Waals surface area contributed by atoms with Crippen LogP contribution in [-0.2, 0) is 27.1 Å². The van der Waals surface area contributed by atoms with E-state index >= 15 is 0 Å². The highest BCUT2D eigenvalue weighted by Crippen LogP contribution is 2.14. The number of fused-ring (bicyclic) bond motifs is 1. The minimum Gasteiger partial charge on any atom is -0.322 e. The topological polar surface area (TPSA) is 65.1 Å². The van der Waals surface area contributed by atoms with Gasteiger partial charge in [0.05, 0.1) is 0 Å². The minimum absolute atomic E-state index is 0.263. The van der Waals surface area contributed by atoms with Crippen LogP contribution in [0.4, 0.5) is 0 Å². The third kappa shape index (κ3) is 3.77. The van der Waals surface area contributed by atoms with Crippen LogP contribution in [0.15, 0.2) is 9.59 Å². The van der Waals surface area contributed by atoms with Crippen molar-refractivity contribution < 1.29 is 0 Å². The fourth-order valence-corrected chi connectivity index (χ4v) is 3.68. The molecule has 7 heteroatoms. The molecule has 0 aliphatic heterocycles. The van der Waals surface area contributed by atoms with E-state index in [-0.39, 0.29) is 11.2 Å². The fraction of sp³-hybridized carbons (Fsp3) is 0.737. The maximum absolute atomic E-state index is 12.7. The van der Waals surface area contributed by atoms with Gasteiger partial charge in [-0.2, -0.15) is 0 Å². The summed E-state index contributed by atoms with van der Waals surface area (Å²) in [5.74, 6) is 0.864. The Morgan fingerprint density at radius 3 is 2.15 bits per heavy atom. The molecule has 2 aromatic heterocycles. The predicted octanol–water partition coefficient (Wildman–Crippen LogP) is 1.90. The van der Waals surface area contributed by atoms with E-state index in [0.29, 0.717) is 23.2 Å². The largest absolute Gasteiger partial charge is 0.332 e. The Morgan fingerprint density at radius 1 is 1.00 bits per heavy atom. The van der Waals surface area contributed by atoms with Gasteiger partial charge < -0.3 is 4.57 Å². The molecule has 26 heavy (non-hydrogen) atoms. The summed E-state index contributed by atoms with van der Waals surface area (Å²) < 4.78 is 4.64. The van der Waals surface area contributed by atoms with Crippen molar-refractivity contribution in [2.24, 2.45) is 14.1 Å². The van der Waals surface area contributed by atoms with Gasteiger partial charge in [-0.3, -0.25) is 18.8 Å². The molecule has 0 atom stereocenters. The van der Waals surface area contributed by atoms with Crippen LogP contribution in [-0.4, -0.2) is 42.2 Å². The van der Waals surface area contributed by atoms with Gasteiger partial charge in [0.1, 0.15) is 5.82 Å². The maximum atomic E-state index is 12.7. The van der Waals surface area contributed by atoms with Crippen molar-refractivity contribution >= 4 is 11.2 Å². The van der Waals surface area contributed by atoms with Crippen molar-refractivity contribution in [1.82, 2.24) is 23.6 Å². The molecule has 0 bridgehead atoms. The molecule has 2 aromatic rings. The van der Waals surface area contributed by atoms with Crippen LogP contribution < -0.4 is 11.2 Å². The third-order valence-corrected chi connectivity index (χ3v) is 5.12. The number of hydrogen-bond acceptors (Lipinski definition) is 4. The molecule has 0 radical (unpaired) electrons. The molecule has 0 aliphatic carbocycles. The van der Waals surface area contributed by atoms with Crippen molar-refractivity contribution in [3.63, 3.8) is 0 Å². The van der Waals surface area contributed by atoms with Crippen LogP contribution >= 0.6 is 0 Å². The molecular weight excluding hydrogens is 330 g/mol. The summed E-state index contributed by atoms with van der Waals surface area (Å²) >= 11 is 0. The predicted molar refractivity (Wildman–Crippen MR) is 106 cm³/mol. The lowest BCUT2D eigenvalue weighted by atomic mass is 10.2. The molecule has 0 aliphatic rings. The lowest BCUT2D eigenvalue weighted by Crippen LogP contribution is -2.38. The van der Waals surface area contributed by atoms with E-state index in [0.717, 1.165) is 38.2 Å². The maximum Gasteiger partial charge on any atom is 0.332 e. The molecule has 0 amide bonds. The van der Waals surface area contributed by atoms with Crippen LogP contribution in [0.3, 0.4) is 0 Å². The first-order valence-corrected chi connectivity index (χ1v) is 9.61. The van der Waals surface area contributed by atoms with Gasteiger partial charge in [0.25, 0.3) is 5.56 Å². The molecule has 146 valence electrons. The van der Waals surface area contributed by atoms with Crippen molar-refractivity contribution in [2.75, 3.05) is 6.54 Å². The Hall–Kier alpha value is -1.89. The zero-order valence-electron chi connectivity index (χ0n) is 17.2. The first kappa shape index (κ1) is 20.4. The van der Waals surface area contributed by atoms with Crippen LogP contribution in [0.2, 0.25) is 0 Å². The van der Waals surface area contributed by atoms with Gasteiger partial charge in [-0.15, -0.1) is 0 Å². The lowest BCUT2D eigenvalue weighted by Gasteiger charge is -2.30. The van der Waals surface area contributed by atoms with Crippen LogP contribution in [0.1, 0.15) is 53.3 Å². The monoisotopic (exact) mass is 363 g/mol. The highest BCUT2D eigenvalue weighted by Gasteiger charge is 2.18. The minimum atomic E-state index is -0.334. The second-order valence-electron chi connectivity index (χ2n) is 7.54. The summed E-state index contributed by atoms with van der Waals surface area (Å²) in [7, 11) is 3.19. The van der Waals surface area contributed by atoms with Gasteiger partial charge in [0, 0.05) is 39.1 Å². The summed E-state index contributed by atoms with van der Waals surface area (Å²) in [6, 6.07) is 1.05. The molecule has 0 unspecified atom stereocenters. The number of aryl methyl sites for hydroxylation is 3. The number of hydrogen-bond donors (Lipinski definition) is 0. The smallest absolute Gasteiger partial charge is 0.322 e. The summed E-state index contributed by atoms with van der Waals surface area (Å²) in [4.78, 5) is 31.8. The Morgan fingerprint density at radius 2 is 1.62 bits per heavy atom. The fourth-order valence-electron chi connectivity index (χ4n) is 3.68. The van der Waals surface area contributed by atoms with Gasteiger partial charge in [-0.05, 0) is 47.1 Å². The van der Waals surface area contributed by atoms with E-state index in [1.54, 1.807) is 7.05 Å².